The number of nitrogens with zero attached hydrogens (tertiary/aromatic N) is 1. The molecule has 0 unspecified atom stereocenters. The van der Waals surface area contributed by atoms with Crippen molar-refractivity contribution < 1.29 is 9.53 Å². The third-order valence-corrected chi connectivity index (χ3v) is 3.64. The second kappa shape index (κ2) is 10.7. The van der Waals surface area contributed by atoms with E-state index in [0.29, 0.717) is 12.3 Å². The van der Waals surface area contributed by atoms with E-state index in [-0.39, 0.29) is 12.5 Å². The summed E-state index contributed by atoms with van der Waals surface area (Å²) in [5, 5.41) is 11.4. The second-order valence-electron chi connectivity index (χ2n) is 5.58. The molecule has 0 aliphatic heterocycles. The minimum Gasteiger partial charge on any atom is -0.479 e. The largest absolute Gasteiger partial charge is 0.479 e. The summed E-state index contributed by atoms with van der Waals surface area (Å²) in [4.78, 5) is 11.8. The Kier molecular flexibility index (Phi) is 7.80. The summed E-state index contributed by atoms with van der Waals surface area (Å²) in [5.41, 5.74) is 2.24. The number of unbranched alkanes of at least 4 members (excludes halogenated alkanes) is 1. The SMILES string of the molecule is N#CCOc1ccc(/C=C/C(=O)NCCCCc2ccccc2)cc1. The molecule has 0 radical (unpaired) electrons. The first kappa shape index (κ1) is 18.3. The number of rotatable bonds is 9. The summed E-state index contributed by atoms with van der Waals surface area (Å²) in [6.45, 7) is 0.707. The standard InChI is InChI=1S/C21H22N2O2/c22-15-17-25-20-12-9-19(10-13-20)11-14-21(24)23-16-5-4-8-18-6-2-1-3-7-18/h1-3,6-7,9-14H,4-5,8,16-17H2,(H,23,24)/b14-11+. The lowest BCUT2D eigenvalue weighted by Gasteiger charge is -2.03. The van der Waals surface area contributed by atoms with Gasteiger partial charge in [-0.15, -0.1) is 0 Å². The maximum Gasteiger partial charge on any atom is 0.243 e. The van der Waals surface area contributed by atoms with Gasteiger partial charge in [-0.25, -0.2) is 0 Å². The van der Waals surface area contributed by atoms with E-state index in [0.717, 1.165) is 24.8 Å². The average Bonchev–Trinajstić information content (AvgIpc) is 2.66. The number of carbonyl (C=O) groups is 1. The molecule has 128 valence electrons. The molecule has 1 N–H and O–H groups in total. The molecule has 0 aliphatic rings. The minimum absolute atomic E-state index is 0.0296. The second-order valence-corrected chi connectivity index (χ2v) is 5.58. The zero-order chi connectivity index (χ0) is 17.7. The van der Waals surface area contributed by atoms with Crippen LogP contribution in [0.5, 0.6) is 5.75 Å². The maximum atomic E-state index is 11.8. The number of benzene rings is 2. The van der Waals surface area contributed by atoms with E-state index in [4.69, 9.17) is 10.00 Å². The normalized spacial score (nSPS) is 10.4. The first-order valence-electron chi connectivity index (χ1n) is 8.37. The van der Waals surface area contributed by atoms with Crippen molar-refractivity contribution in [1.29, 1.82) is 5.26 Å². The Morgan fingerprint density at radius 3 is 2.56 bits per heavy atom. The summed E-state index contributed by atoms with van der Waals surface area (Å²) < 4.78 is 5.18. The van der Waals surface area contributed by atoms with Crippen molar-refractivity contribution in [3.63, 3.8) is 0 Å². The Morgan fingerprint density at radius 2 is 1.84 bits per heavy atom. The predicted molar refractivity (Wildman–Crippen MR) is 99.0 cm³/mol. The van der Waals surface area contributed by atoms with Gasteiger partial charge in [0.25, 0.3) is 0 Å². The van der Waals surface area contributed by atoms with Gasteiger partial charge in [0.2, 0.25) is 5.91 Å². The number of amides is 1. The van der Waals surface area contributed by atoms with Gasteiger partial charge in [0.1, 0.15) is 11.8 Å². The van der Waals surface area contributed by atoms with Crippen molar-refractivity contribution in [2.24, 2.45) is 0 Å². The van der Waals surface area contributed by atoms with E-state index in [2.05, 4.69) is 17.4 Å². The Balaban J connectivity index is 1.64. The molecule has 2 aromatic rings. The molecule has 0 saturated heterocycles. The molecular weight excluding hydrogens is 312 g/mol. The van der Waals surface area contributed by atoms with E-state index in [1.807, 2.05) is 36.4 Å². The highest BCUT2D eigenvalue weighted by atomic mass is 16.5. The highest BCUT2D eigenvalue weighted by Crippen LogP contribution is 2.13. The zero-order valence-corrected chi connectivity index (χ0v) is 14.2. The quantitative estimate of drug-likeness (QED) is 0.561. The summed E-state index contributed by atoms with van der Waals surface area (Å²) in [7, 11) is 0. The number of ether oxygens (including phenoxy) is 1. The Morgan fingerprint density at radius 1 is 1.08 bits per heavy atom. The molecule has 0 bridgehead atoms. The van der Waals surface area contributed by atoms with Gasteiger partial charge in [0.05, 0.1) is 0 Å². The summed E-state index contributed by atoms with van der Waals surface area (Å²) in [6.07, 6.45) is 6.33. The molecule has 4 heteroatoms. The molecule has 4 nitrogen and oxygen atoms in total. The van der Waals surface area contributed by atoms with Crippen molar-refractivity contribution in [3.05, 3.63) is 71.8 Å². The van der Waals surface area contributed by atoms with Gasteiger partial charge in [-0.1, -0.05) is 42.5 Å². The number of hydrogen-bond acceptors (Lipinski definition) is 3. The van der Waals surface area contributed by atoms with Crippen LogP contribution in [0.3, 0.4) is 0 Å². The first-order chi connectivity index (χ1) is 12.3. The number of aryl methyl sites for hydroxylation is 1. The van der Waals surface area contributed by atoms with Crippen molar-refractivity contribution >= 4 is 12.0 Å². The fourth-order valence-corrected chi connectivity index (χ4v) is 2.33. The molecule has 0 atom stereocenters. The van der Waals surface area contributed by atoms with Crippen LogP contribution in [-0.2, 0) is 11.2 Å². The van der Waals surface area contributed by atoms with Crippen molar-refractivity contribution in [1.82, 2.24) is 5.32 Å². The Labute approximate surface area is 148 Å². The summed E-state index contributed by atoms with van der Waals surface area (Å²) in [6, 6.07) is 19.5. The van der Waals surface area contributed by atoms with E-state index < -0.39 is 0 Å². The average molecular weight is 334 g/mol. The highest BCUT2D eigenvalue weighted by Gasteiger charge is 1.97. The monoisotopic (exact) mass is 334 g/mol. The molecule has 2 aromatic carbocycles. The number of nitriles is 1. The van der Waals surface area contributed by atoms with Gasteiger partial charge in [-0.2, -0.15) is 5.26 Å². The van der Waals surface area contributed by atoms with E-state index in [1.54, 1.807) is 18.2 Å². The molecule has 1 amide bonds. The van der Waals surface area contributed by atoms with Gasteiger partial charge >= 0.3 is 0 Å². The molecule has 0 fully saturated rings. The van der Waals surface area contributed by atoms with Crippen LogP contribution in [0.15, 0.2) is 60.7 Å². The smallest absolute Gasteiger partial charge is 0.243 e. The minimum atomic E-state index is -0.0930. The lowest BCUT2D eigenvalue weighted by Crippen LogP contribution is -2.22. The molecule has 2 rings (SSSR count). The molecular formula is C21H22N2O2. The van der Waals surface area contributed by atoms with Crippen LogP contribution >= 0.6 is 0 Å². The topological polar surface area (TPSA) is 62.1 Å². The zero-order valence-electron chi connectivity index (χ0n) is 14.2. The lowest BCUT2D eigenvalue weighted by molar-refractivity contribution is -0.116. The Bertz CT molecular complexity index is 716. The molecule has 0 spiro atoms. The van der Waals surface area contributed by atoms with Crippen LogP contribution in [0.4, 0.5) is 0 Å². The molecule has 0 heterocycles. The number of carbonyl (C=O) groups excluding carboxylic acids is 1. The lowest BCUT2D eigenvalue weighted by atomic mass is 10.1. The molecule has 0 aliphatic carbocycles. The van der Waals surface area contributed by atoms with E-state index in [1.165, 1.54) is 11.6 Å². The Hall–Kier alpha value is -3.06. The van der Waals surface area contributed by atoms with Gasteiger partial charge in [0, 0.05) is 12.6 Å². The van der Waals surface area contributed by atoms with E-state index in [9.17, 15) is 4.79 Å². The fraction of sp³-hybridized carbons (Fsp3) is 0.238. The molecule has 25 heavy (non-hydrogen) atoms. The van der Waals surface area contributed by atoms with Crippen LogP contribution in [0.1, 0.15) is 24.0 Å². The maximum absolute atomic E-state index is 11.8. The fourth-order valence-electron chi connectivity index (χ4n) is 2.33. The number of hydrogen-bond donors (Lipinski definition) is 1. The van der Waals surface area contributed by atoms with Crippen LogP contribution in [0.2, 0.25) is 0 Å². The van der Waals surface area contributed by atoms with Gasteiger partial charge < -0.3 is 10.1 Å². The third-order valence-electron chi connectivity index (χ3n) is 3.64. The van der Waals surface area contributed by atoms with Crippen LogP contribution in [-0.4, -0.2) is 19.1 Å². The summed E-state index contributed by atoms with van der Waals surface area (Å²) in [5.74, 6) is 0.547. The van der Waals surface area contributed by atoms with Gasteiger partial charge in [-0.05, 0) is 48.6 Å². The first-order valence-corrected chi connectivity index (χ1v) is 8.37. The molecule has 0 saturated carbocycles. The summed E-state index contributed by atoms with van der Waals surface area (Å²) >= 11 is 0. The van der Waals surface area contributed by atoms with Crippen LogP contribution in [0, 0.1) is 11.3 Å². The molecule has 0 aromatic heterocycles. The highest BCUT2D eigenvalue weighted by molar-refractivity contribution is 5.91. The van der Waals surface area contributed by atoms with Crippen molar-refractivity contribution in [3.8, 4) is 11.8 Å². The van der Waals surface area contributed by atoms with Crippen molar-refractivity contribution in [2.45, 2.75) is 19.3 Å². The van der Waals surface area contributed by atoms with Crippen LogP contribution in [0.25, 0.3) is 6.08 Å². The van der Waals surface area contributed by atoms with Crippen molar-refractivity contribution in [2.75, 3.05) is 13.2 Å². The van der Waals surface area contributed by atoms with Gasteiger partial charge in [0.15, 0.2) is 6.61 Å². The van der Waals surface area contributed by atoms with Crippen LogP contribution < -0.4 is 10.1 Å². The van der Waals surface area contributed by atoms with E-state index >= 15 is 0 Å². The van der Waals surface area contributed by atoms with Gasteiger partial charge in [-0.3, -0.25) is 4.79 Å². The number of nitrogens with one attached hydrogen (secondary N) is 1. The predicted octanol–water partition coefficient (Wildman–Crippen LogP) is 3.74. The third kappa shape index (κ3) is 7.36.